The van der Waals surface area contributed by atoms with Crippen LogP contribution in [-0.4, -0.2) is 9.78 Å². The Labute approximate surface area is 95.7 Å². The first-order valence-electron chi connectivity index (χ1n) is 5.45. The number of benzene rings is 1. The Morgan fingerprint density at radius 2 is 1.88 bits per heavy atom. The van der Waals surface area contributed by atoms with Crippen molar-refractivity contribution >= 4 is 0 Å². The number of hydrogen-bond donors (Lipinski definition) is 0. The van der Waals surface area contributed by atoms with E-state index in [1.54, 1.807) is 16.9 Å². The van der Waals surface area contributed by atoms with Crippen molar-refractivity contribution in [2.75, 3.05) is 0 Å². The quantitative estimate of drug-likeness (QED) is 0.717. The minimum atomic E-state index is -0.241. The summed E-state index contributed by atoms with van der Waals surface area (Å²) in [7, 11) is 0. The number of aryl methyl sites for hydroxylation is 1. The van der Waals surface area contributed by atoms with Crippen LogP contribution in [0.25, 0.3) is 5.69 Å². The third-order valence-corrected chi connectivity index (χ3v) is 2.31. The minimum Gasteiger partial charge on any atom is -0.238 e. The normalized spacial score (nSPS) is 9.56. The van der Waals surface area contributed by atoms with Crippen LogP contribution in [0.5, 0.6) is 0 Å². The predicted octanol–water partition coefficient (Wildman–Crippen LogP) is 3.65. The molecule has 0 saturated carbocycles. The van der Waals surface area contributed by atoms with Gasteiger partial charge in [0.15, 0.2) is 0 Å². The van der Waals surface area contributed by atoms with E-state index in [-0.39, 0.29) is 5.82 Å². The monoisotopic (exact) mass is 220 g/mol. The van der Waals surface area contributed by atoms with Gasteiger partial charge < -0.3 is 0 Å². The first kappa shape index (κ1) is 12.4. The SMILES string of the molecule is CC.Cc1cnn(-c2cccc(F)c2)c1C. The highest BCUT2D eigenvalue weighted by Crippen LogP contribution is 2.13. The molecule has 0 saturated heterocycles. The van der Waals surface area contributed by atoms with Crippen LogP contribution < -0.4 is 0 Å². The van der Waals surface area contributed by atoms with Crippen LogP contribution in [-0.2, 0) is 0 Å². The van der Waals surface area contributed by atoms with Gasteiger partial charge in [0.25, 0.3) is 0 Å². The molecule has 0 atom stereocenters. The van der Waals surface area contributed by atoms with Crippen molar-refractivity contribution in [2.45, 2.75) is 27.7 Å². The fourth-order valence-corrected chi connectivity index (χ4v) is 1.36. The van der Waals surface area contributed by atoms with Crippen LogP contribution in [0.4, 0.5) is 4.39 Å². The second-order valence-electron chi connectivity index (χ2n) is 3.30. The molecule has 0 radical (unpaired) electrons. The molecule has 1 heterocycles. The highest BCUT2D eigenvalue weighted by atomic mass is 19.1. The third kappa shape index (κ3) is 2.48. The number of hydrogen-bond acceptors (Lipinski definition) is 1. The van der Waals surface area contributed by atoms with Gasteiger partial charge in [0, 0.05) is 5.69 Å². The van der Waals surface area contributed by atoms with E-state index in [0.717, 1.165) is 16.9 Å². The molecule has 0 spiro atoms. The average Bonchev–Trinajstić information content (AvgIpc) is 2.63. The summed E-state index contributed by atoms with van der Waals surface area (Å²) in [6.45, 7) is 7.95. The summed E-state index contributed by atoms with van der Waals surface area (Å²) in [4.78, 5) is 0. The van der Waals surface area contributed by atoms with Gasteiger partial charge in [-0.3, -0.25) is 0 Å². The molecule has 0 aliphatic heterocycles. The van der Waals surface area contributed by atoms with E-state index in [1.807, 2.05) is 33.8 Å². The van der Waals surface area contributed by atoms with Crippen LogP contribution in [0.2, 0.25) is 0 Å². The Bertz CT molecular complexity index is 461. The lowest BCUT2D eigenvalue weighted by atomic mass is 10.2. The molecule has 0 N–H and O–H groups in total. The molecule has 1 aromatic heterocycles. The molecule has 1 aromatic carbocycles. The van der Waals surface area contributed by atoms with Gasteiger partial charge in [-0.1, -0.05) is 19.9 Å². The standard InChI is InChI=1S/C11H11FN2.C2H6/c1-8-7-13-14(9(8)2)11-5-3-4-10(12)6-11;1-2/h3-7H,1-2H3;1-2H3. The van der Waals surface area contributed by atoms with Crippen molar-refractivity contribution in [1.82, 2.24) is 9.78 Å². The van der Waals surface area contributed by atoms with Gasteiger partial charge in [-0.05, 0) is 37.6 Å². The van der Waals surface area contributed by atoms with E-state index >= 15 is 0 Å². The molecule has 86 valence electrons. The maximum Gasteiger partial charge on any atom is 0.125 e. The molecule has 0 fully saturated rings. The fraction of sp³-hybridized carbons (Fsp3) is 0.308. The highest BCUT2D eigenvalue weighted by Gasteiger charge is 2.04. The zero-order chi connectivity index (χ0) is 12.1. The molecule has 3 heteroatoms. The average molecular weight is 220 g/mol. The van der Waals surface area contributed by atoms with Gasteiger partial charge in [0.2, 0.25) is 0 Å². The van der Waals surface area contributed by atoms with Crippen LogP contribution in [0.1, 0.15) is 25.1 Å². The lowest BCUT2D eigenvalue weighted by Gasteiger charge is -2.04. The Morgan fingerprint density at radius 3 is 2.38 bits per heavy atom. The Hall–Kier alpha value is -1.64. The first-order valence-corrected chi connectivity index (χ1v) is 5.45. The van der Waals surface area contributed by atoms with Crippen LogP contribution in [0.15, 0.2) is 30.5 Å². The Morgan fingerprint density at radius 1 is 1.19 bits per heavy atom. The van der Waals surface area contributed by atoms with E-state index in [4.69, 9.17) is 0 Å². The van der Waals surface area contributed by atoms with Crippen molar-refractivity contribution in [1.29, 1.82) is 0 Å². The molecular formula is C13H17FN2. The van der Waals surface area contributed by atoms with E-state index in [1.165, 1.54) is 12.1 Å². The Kier molecular flexibility index (Phi) is 4.23. The number of halogens is 1. The summed E-state index contributed by atoms with van der Waals surface area (Å²) in [6.07, 6.45) is 1.78. The van der Waals surface area contributed by atoms with Gasteiger partial charge in [0.1, 0.15) is 5.82 Å². The number of aromatic nitrogens is 2. The molecule has 2 aromatic rings. The highest BCUT2D eigenvalue weighted by molar-refractivity contribution is 5.34. The topological polar surface area (TPSA) is 17.8 Å². The van der Waals surface area contributed by atoms with Gasteiger partial charge in [-0.25, -0.2) is 9.07 Å². The van der Waals surface area contributed by atoms with E-state index in [0.29, 0.717) is 0 Å². The lowest BCUT2D eigenvalue weighted by Crippen LogP contribution is -1.99. The molecular weight excluding hydrogens is 203 g/mol. The smallest absolute Gasteiger partial charge is 0.125 e. The van der Waals surface area contributed by atoms with E-state index in [2.05, 4.69) is 5.10 Å². The first-order chi connectivity index (χ1) is 7.68. The third-order valence-electron chi connectivity index (χ3n) is 2.31. The van der Waals surface area contributed by atoms with E-state index in [9.17, 15) is 4.39 Å². The summed E-state index contributed by atoms with van der Waals surface area (Å²) in [5.41, 5.74) is 2.90. The molecule has 0 aliphatic rings. The van der Waals surface area contributed by atoms with Crippen molar-refractivity contribution < 1.29 is 4.39 Å². The lowest BCUT2D eigenvalue weighted by molar-refractivity contribution is 0.625. The van der Waals surface area contributed by atoms with Crippen LogP contribution >= 0.6 is 0 Å². The summed E-state index contributed by atoms with van der Waals surface area (Å²) in [5, 5.41) is 4.18. The van der Waals surface area contributed by atoms with E-state index < -0.39 is 0 Å². The van der Waals surface area contributed by atoms with Crippen molar-refractivity contribution in [3.8, 4) is 5.69 Å². The fourth-order valence-electron chi connectivity index (χ4n) is 1.36. The molecule has 2 nitrogen and oxygen atoms in total. The van der Waals surface area contributed by atoms with Gasteiger partial charge in [-0.2, -0.15) is 5.10 Å². The van der Waals surface area contributed by atoms with Crippen LogP contribution in [0.3, 0.4) is 0 Å². The maximum atomic E-state index is 13.0. The number of rotatable bonds is 1. The largest absolute Gasteiger partial charge is 0.238 e. The van der Waals surface area contributed by atoms with Gasteiger partial charge in [0.05, 0.1) is 11.9 Å². The zero-order valence-corrected chi connectivity index (χ0v) is 10.2. The second kappa shape index (κ2) is 5.45. The summed E-state index contributed by atoms with van der Waals surface area (Å²) in [6, 6.07) is 6.41. The van der Waals surface area contributed by atoms with Gasteiger partial charge in [-0.15, -0.1) is 0 Å². The molecule has 0 amide bonds. The van der Waals surface area contributed by atoms with Crippen LogP contribution in [0, 0.1) is 19.7 Å². The van der Waals surface area contributed by atoms with Crippen molar-refractivity contribution in [3.05, 3.63) is 47.5 Å². The summed E-state index contributed by atoms with van der Waals surface area (Å²) >= 11 is 0. The maximum absolute atomic E-state index is 13.0. The Balaban J connectivity index is 0.000000606. The minimum absolute atomic E-state index is 0.241. The van der Waals surface area contributed by atoms with Crippen molar-refractivity contribution in [2.24, 2.45) is 0 Å². The number of nitrogens with zero attached hydrogens (tertiary/aromatic N) is 2. The predicted molar refractivity (Wildman–Crippen MR) is 64.3 cm³/mol. The second-order valence-corrected chi connectivity index (χ2v) is 3.30. The molecule has 0 aliphatic carbocycles. The summed E-state index contributed by atoms with van der Waals surface area (Å²) < 4.78 is 14.7. The van der Waals surface area contributed by atoms with Gasteiger partial charge >= 0.3 is 0 Å². The molecule has 0 bridgehead atoms. The summed E-state index contributed by atoms with van der Waals surface area (Å²) in [5.74, 6) is -0.241. The zero-order valence-electron chi connectivity index (χ0n) is 10.2. The molecule has 16 heavy (non-hydrogen) atoms. The van der Waals surface area contributed by atoms with Crippen molar-refractivity contribution in [3.63, 3.8) is 0 Å². The molecule has 0 unspecified atom stereocenters. The molecule has 2 rings (SSSR count).